The zero-order chi connectivity index (χ0) is 19.0. The van der Waals surface area contributed by atoms with Crippen molar-refractivity contribution in [2.45, 2.75) is 20.4 Å². The number of nitrogens with one attached hydrogen (secondary N) is 2. The lowest BCUT2D eigenvalue weighted by Gasteiger charge is -2.26. The Morgan fingerprint density at radius 1 is 1.30 bits per heavy atom. The lowest BCUT2D eigenvalue weighted by atomic mass is 10.2. The molecule has 3 aromatic rings. The summed E-state index contributed by atoms with van der Waals surface area (Å²) in [5.41, 5.74) is 4.68. The van der Waals surface area contributed by atoms with Gasteiger partial charge in [0.15, 0.2) is 0 Å². The summed E-state index contributed by atoms with van der Waals surface area (Å²) in [7, 11) is 0. The van der Waals surface area contributed by atoms with Crippen molar-refractivity contribution in [1.29, 1.82) is 0 Å². The molecule has 3 heterocycles. The molecule has 2 aromatic heterocycles. The molecule has 0 spiro atoms. The largest absolute Gasteiger partial charge is 0.379 e. The van der Waals surface area contributed by atoms with E-state index in [0.717, 1.165) is 59.7 Å². The Morgan fingerprint density at radius 2 is 2.07 bits per heavy atom. The van der Waals surface area contributed by atoms with Gasteiger partial charge in [0.2, 0.25) is 0 Å². The third-order valence-corrected chi connectivity index (χ3v) is 6.54. The standard InChI is InChI=1S/C20H22BrN3O2S/c1-12-3-4-16(15(21)9-12)23-20(25)18-14(11-24-5-7-26-8-6-24)19-17(22-18)10-13(2)27-19/h3-4,9-10,22H,5-8,11H2,1-2H3,(H,23,25). The number of H-pyrrole nitrogens is 1. The van der Waals surface area contributed by atoms with Crippen LogP contribution in [-0.2, 0) is 11.3 Å². The van der Waals surface area contributed by atoms with Crippen molar-refractivity contribution in [2.24, 2.45) is 0 Å². The fourth-order valence-electron chi connectivity index (χ4n) is 3.39. The van der Waals surface area contributed by atoms with E-state index >= 15 is 0 Å². The lowest BCUT2D eigenvalue weighted by Crippen LogP contribution is -2.36. The van der Waals surface area contributed by atoms with Crippen LogP contribution in [0.15, 0.2) is 28.7 Å². The van der Waals surface area contributed by atoms with Crippen LogP contribution in [0.5, 0.6) is 0 Å². The molecule has 1 fully saturated rings. The third kappa shape index (κ3) is 3.96. The number of carbonyl (C=O) groups excluding carboxylic acids is 1. The number of nitrogens with zero attached hydrogens (tertiary/aromatic N) is 1. The van der Waals surface area contributed by atoms with Gasteiger partial charge in [-0.2, -0.15) is 0 Å². The number of amides is 1. The average molecular weight is 448 g/mol. The van der Waals surface area contributed by atoms with Crippen LogP contribution in [-0.4, -0.2) is 42.1 Å². The molecule has 1 amide bonds. The normalized spacial score (nSPS) is 15.4. The van der Waals surface area contributed by atoms with Crippen molar-refractivity contribution in [3.63, 3.8) is 0 Å². The highest BCUT2D eigenvalue weighted by Crippen LogP contribution is 2.33. The van der Waals surface area contributed by atoms with Gasteiger partial charge >= 0.3 is 0 Å². The van der Waals surface area contributed by atoms with Crippen molar-refractivity contribution in [3.05, 3.63) is 50.4 Å². The van der Waals surface area contributed by atoms with Crippen LogP contribution in [0.2, 0.25) is 0 Å². The Bertz CT molecular complexity index is 989. The second-order valence-corrected chi connectivity index (χ2v) is 9.02. The number of morpholine rings is 1. The molecule has 1 aromatic carbocycles. The molecule has 5 nitrogen and oxygen atoms in total. The Kier molecular flexibility index (Phi) is 5.36. The number of hydrogen-bond acceptors (Lipinski definition) is 4. The van der Waals surface area contributed by atoms with Crippen LogP contribution < -0.4 is 5.32 Å². The first-order chi connectivity index (χ1) is 13.0. The van der Waals surface area contributed by atoms with Crippen molar-refractivity contribution in [1.82, 2.24) is 9.88 Å². The van der Waals surface area contributed by atoms with Crippen LogP contribution in [0.25, 0.3) is 10.2 Å². The SMILES string of the molecule is Cc1ccc(NC(=O)c2[nH]c3cc(C)sc3c2CN2CCOCC2)c(Br)c1. The zero-order valence-corrected chi connectivity index (χ0v) is 17.8. The van der Waals surface area contributed by atoms with Gasteiger partial charge in [0, 0.05) is 34.5 Å². The smallest absolute Gasteiger partial charge is 0.272 e. The summed E-state index contributed by atoms with van der Waals surface area (Å²) in [6, 6.07) is 8.03. The maximum absolute atomic E-state index is 13.1. The van der Waals surface area contributed by atoms with Crippen LogP contribution in [0.3, 0.4) is 0 Å². The molecule has 0 radical (unpaired) electrons. The number of anilines is 1. The van der Waals surface area contributed by atoms with Gasteiger partial charge in [-0.25, -0.2) is 0 Å². The van der Waals surface area contributed by atoms with Gasteiger partial charge in [-0.3, -0.25) is 9.69 Å². The summed E-state index contributed by atoms with van der Waals surface area (Å²) < 4.78 is 7.52. The second-order valence-electron chi connectivity index (χ2n) is 6.90. The number of carbonyl (C=O) groups is 1. The number of halogens is 1. The van der Waals surface area contributed by atoms with Gasteiger partial charge in [-0.15, -0.1) is 11.3 Å². The minimum absolute atomic E-state index is 0.108. The van der Waals surface area contributed by atoms with E-state index in [-0.39, 0.29) is 5.91 Å². The highest BCUT2D eigenvalue weighted by atomic mass is 79.9. The van der Waals surface area contributed by atoms with Gasteiger partial charge < -0.3 is 15.0 Å². The summed E-state index contributed by atoms with van der Waals surface area (Å²) >= 11 is 5.28. The van der Waals surface area contributed by atoms with Crippen molar-refractivity contribution >= 4 is 49.1 Å². The number of benzene rings is 1. The summed E-state index contributed by atoms with van der Waals surface area (Å²) in [5.74, 6) is -0.108. The Hall–Kier alpha value is -1.67. The van der Waals surface area contributed by atoms with Gasteiger partial charge in [-0.05, 0) is 53.5 Å². The predicted molar refractivity (Wildman–Crippen MR) is 114 cm³/mol. The number of ether oxygens (including phenoxy) is 1. The van der Waals surface area contributed by atoms with Crippen LogP contribution in [0.1, 0.15) is 26.5 Å². The molecule has 27 heavy (non-hydrogen) atoms. The van der Waals surface area contributed by atoms with Crippen molar-refractivity contribution < 1.29 is 9.53 Å². The molecular formula is C20H22BrN3O2S. The van der Waals surface area contributed by atoms with E-state index in [1.807, 2.05) is 25.1 Å². The number of rotatable bonds is 4. The number of thiophene rings is 1. The minimum atomic E-state index is -0.108. The fourth-order valence-corrected chi connectivity index (χ4v) is 4.99. The van der Waals surface area contributed by atoms with Crippen LogP contribution in [0.4, 0.5) is 5.69 Å². The maximum Gasteiger partial charge on any atom is 0.272 e. The summed E-state index contributed by atoms with van der Waals surface area (Å²) in [6.45, 7) is 8.15. The van der Waals surface area contributed by atoms with E-state index in [9.17, 15) is 4.79 Å². The summed E-state index contributed by atoms with van der Waals surface area (Å²) in [5, 5.41) is 3.04. The fraction of sp³-hybridized carbons (Fsp3) is 0.350. The average Bonchev–Trinajstić information content (AvgIpc) is 3.15. The van der Waals surface area contributed by atoms with E-state index in [1.54, 1.807) is 11.3 Å². The summed E-state index contributed by atoms with van der Waals surface area (Å²) in [4.78, 5) is 20.0. The quantitative estimate of drug-likeness (QED) is 0.609. The number of aromatic nitrogens is 1. The van der Waals surface area contributed by atoms with Crippen LogP contribution in [0, 0.1) is 13.8 Å². The Morgan fingerprint density at radius 3 is 2.81 bits per heavy atom. The number of aryl methyl sites for hydroxylation is 2. The highest BCUT2D eigenvalue weighted by molar-refractivity contribution is 9.10. The van der Waals surface area contributed by atoms with Gasteiger partial charge in [0.05, 0.1) is 29.1 Å². The molecule has 0 saturated carbocycles. The van der Waals surface area contributed by atoms with Crippen molar-refractivity contribution in [2.75, 3.05) is 31.6 Å². The monoisotopic (exact) mass is 447 g/mol. The number of aromatic amines is 1. The van der Waals surface area contributed by atoms with E-state index in [4.69, 9.17) is 4.74 Å². The first-order valence-electron chi connectivity index (χ1n) is 9.00. The minimum Gasteiger partial charge on any atom is -0.379 e. The molecule has 1 aliphatic heterocycles. The van der Waals surface area contributed by atoms with E-state index in [1.165, 1.54) is 9.58 Å². The van der Waals surface area contributed by atoms with E-state index in [2.05, 4.69) is 44.1 Å². The molecule has 142 valence electrons. The molecule has 1 aliphatic rings. The predicted octanol–water partition coefficient (Wildman–Crippen LogP) is 4.69. The first kappa shape index (κ1) is 18.7. The lowest BCUT2D eigenvalue weighted by molar-refractivity contribution is 0.0343. The zero-order valence-electron chi connectivity index (χ0n) is 15.4. The molecule has 4 rings (SSSR count). The molecule has 0 unspecified atom stereocenters. The highest BCUT2D eigenvalue weighted by Gasteiger charge is 2.23. The van der Waals surface area contributed by atoms with E-state index < -0.39 is 0 Å². The molecule has 0 atom stereocenters. The van der Waals surface area contributed by atoms with Gasteiger partial charge in [0.25, 0.3) is 5.91 Å². The Labute approximate surface area is 170 Å². The molecule has 7 heteroatoms. The van der Waals surface area contributed by atoms with E-state index in [0.29, 0.717) is 5.69 Å². The van der Waals surface area contributed by atoms with Gasteiger partial charge in [-0.1, -0.05) is 6.07 Å². The molecule has 1 saturated heterocycles. The molecule has 2 N–H and O–H groups in total. The molecule has 0 aliphatic carbocycles. The second kappa shape index (κ2) is 7.75. The topological polar surface area (TPSA) is 57.4 Å². The number of fused-ring (bicyclic) bond motifs is 1. The van der Waals surface area contributed by atoms with Crippen molar-refractivity contribution in [3.8, 4) is 0 Å². The summed E-state index contributed by atoms with van der Waals surface area (Å²) in [6.07, 6.45) is 0. The first-order valence-corrected chi connectivity index (χ1v) is 10.6. The molecule has 0 bridgehead atoms. The third-order valence-electron chi connectivity index (χ3n) is 4.78. The Balaban J connectivity index is 1.66. The van der Waals surface area contributed by atoms with Crippen LogP contribution >= 0.6 is 27.3 Å². The maximum atomic E-state index is 13.1. The molecular weight excluding hydrogens is 426 g/mol. The number of hydrogen-bond donors (Lipinski definition) is 2. The van der Waals surface area contributed by atoms with Gasteiger partial charge in [0.1, 0.15) is 5.69 Å².